The Morgan fingerprint density at radius 1 is 0.182 bits per heavy atom. The molecule has 0 fully saturated rings. The SMILES string of the molecule is C.C.C.C.C.C.C.C.C.C.C.[3HH]. The highest BCUT2D eigenvalue weighted by Crippen LogP contribution is 0.154. The summed E-state index contributed by atoms with van der Waals surface area (Å²) in [7, 11) is 0. The molecule has 0 heterocycles. The molecular formula is C11H46. The van der Waals surface area contributed by atoms with E-state index < -0.39 is 0 Å². The van der Waals surface area contributed by atoms with Gasteiger partial charge in [0.25, 0.3) is 0 Å². The first-order valence-electron chi connectivity index (χ1n) is 0. The lowest BCUT2D eigenvalue weighted by molar-refractivity contribution is 2.50. The van der Waals surface area contributed by atoms with Crippen LogP contribution in [-0.4, -0.2) is 0 Å². The summed E-state index contributed by atoms with van der Waals surface area (Å²) < 4.78 is 0. The van der Waals surface area contributed by atoms with Crippen molar-refractivity contribution < 1.29 is 1.43 Å². The molecule has 0 radical (unpaired) electrons. The Bertz CT molecular complexity index is 4.97. The maximum Gasteiger partial charge on any atom is 0 e. The van der Waals surface area contributed by atoms with Crippen LogP contribution in [0.15, 0.2) is 0 Å². The number of hydrogen-bond donors (Lipinski definition) is 0. The van der Waals surface area contributed by atoms with Crippen molar-refractivity contribution >= 4 is 0 Å². The first-order valence-corrected chi connectivity index (χ1v) is 0. The number of hydrogen-bond acceptors (Lipinski definition) is 0. The molecule has 0 aromatic carbocycles. The average molecular weight is 180 g/mol. The predicted molar refractivity (Wildman–Crippen MR) is 76.2 cm³/mol. The molecule has 0 amide bonds. The van der Waals surface area contributed by atoms with Gasteiger partial charge < -0.3 is 0 Å². The van der Waals surface area contributed by atoms with Gasteiger partial charge >= 0.3 is 0 Å². The standard InChI is InChI=1S/11CH4.H2/h11*1H4;1H/i;;;;;;;;;;;1+2. The highest BCUT2D eigenvalue weighted by Gasteiger charge is -0.0676. The molecule has 0 aromatic rings. The molecular weight excluding hydrogens is 132 g/mol. The molecule has 0 spiro atoms. The van der Waals surface area contributed by atoms with Crippen LogP contribution in [0.1, 0.15) is 83.1 Å². The minimum absolute atomic E-state index is 0. The summed E-state index contributed by atoms with van der Waals surface area (Å²) >= 11 is 0. The largest absolute Gasteiger partial charge is 0.0776 e. The van der Waals surface area contributed by atoms with E-state index in [0.29, 0.717) is 0 Å². The summed E-state index contributed by atoms with van der Waals surface area (Å²) in [4.78, 5) is 0. The van der Waals surface area contributed by atoms with Crippen LogP contribution in [0.4, 0.5) is 0 Å². The first kappa shape index (κ1) is 0. The van der Waals surface area contributed by atoms with Crippen LogP contribution in [0, 0.1) is 0 Å². The zero-order chi connectivity index (χ0) is 0. The van der Waals surface area contributed by atoms with Gasteiger partial charge in [0.2, 0.25) is 0 Å². The molecule has 0 aliphatic carbocycles. The summed E-state index contributed by atoms with van der Waals surface area (Å²) in [6.07, 6.45) is 0. The molecule has 0 rings (SSSR count). The minimum Gasteiger partial charge on any atom is -0.0776 e. The second-order valence-corrected chi connectivity index (χ2v) is 0. The van der Waals surface area contributed by atoms with Crippen molar-refractivity contribution in [2.75, 3.05) is 0 Å². The summed E-state index contributed by atoms with van der Waals surface area (Å²) in [6, 6.07) is 0. The van der Waals surface area contributed by atoms with E-state index in [2.05, 4.69) is 0 Å². The molecule has 0 N–H and O–H groups in total. The van der Waals surface area contributed by atoms with Gasteiger partial charge in [-0.05, 0) is 0 Å². The van der Waals surface area contributed by atoms with Crippen molar-refractivity contribution in [2.45, 2.75) is 81.7 Å². The lowest BCUT2D eigenvalue weighted by Crippen LogP contribution is 0.143. The summed E-state index contributed by atoms with van der Waals surface area (Å²) in [5, 5.41) is 0. The quantitative estimate of drug-likeness (QED) is 0.368. The summed E-state index contributed by atoms with van der Waals surface area (Å²) in [5.41, 5.74) is 0. The Balaban J connectivity index is 0. The fourth-order valence-electron chi connectivity index (χ4n) is 0. The molecule has 0 aromatic heterocycles. The Labute approximate surface area is 83.9 Å². The van der Waals surface area contributed by atoms with Gasteiger partial charge in [0.1, 0.15) is 0 Å². The van der Waals surface area contributed by atoms with Crippen LogP contribution in [-0.2, 0) is 0 Å². The molecule has 0 atom stereocenters. The maximum atomic E-state index is 0. The smallest absolute Gasteiger partial charge is 0 e. The van der Waals surface area contributed by atoms with E-state index in [1.165, 1.54) is 0 Å². The molecule has 0 saturated carbocycles. The fourth-order valence-corrected chi connectivity index (χ4v) is 0. The molecule has 0 unspecified atom stereocenters. The van der Waals surface area contributed by atoms with Crippen LogP contribution in [0.25, 0.3) is 0 Å². The first-order chi connectivity index (χ1) is 0. The van der Waals surface area contributed by atoms with Crippen LogP contribution >= 0.6 is 0 Å². The van der Waals surface area contributed by atoms with Gasteiger partial charge in [0, 0.05) is 1.43 Å². The third-order valence-corrected chi connectivity index (χ3v) is 0. The van der Waals surface area contributed by atoms with Crippen molar-refractivity contribution in [2.24, 2.45) is 0 Å². The monoisotopic (exact) mass is 180 g/mol. The lowest BCUT2D eigenvalue weighted by atomic mass is 12.0. The third-order valence-electron chi connectivity index (χ3n) is 0. The fraction of sp³-hybridized carbons (Fsp3) is 1.00. The normalized spacial score (nSPS) is 0. The molecule has 11 heavy (non-hydrogen) atoms. The average Bonchev–Trinajstić information content (AvgIpc) is 0. The second-order valence-electron chi connectivity index (χ2n) is 0. The molecule has 0 bridgehead atoms. The van der Waals surface area contributed by atoms with Gasteiger partial charge in [0.05, 0.1) is 0 Å². The van der Waals surface area contributed by atoms with Gasteiger partial charge in [-0.2, -0.15) is 0 Å². The van der Waals surface area contributed by atoms with E-state index in [1.54, 1.807) is 0 Å². The highest BCUT2D eigenvalue weighted by atomic mass is 12.0. The van der Waals surface area contributed by atoms with E-state index in [-0.39, 0.29) is 83.1 Å². The second kappa shape index (κ2) is 0. The molecule has 0 aliphatic rings. The van der Waals surface area contributed by atoms with Gasteiger partial charge in [0.15, 0.2) is 0 Å². The Morgan fingerprint density at radius 2 is 0.182 bits per heavy atom. The molecule has 0 nitrogen and oxygen atoms in total. The number of rotatable bonds is 0. The van der Waals surface area contributed by atoms with Crippen LogP contribution in [0.3, 0.4) is 0 Å². The van der Waals surface area contributed by atoms with Gasteiger partial charge in [-0.15, -0.1) is 0 Å². The van der Waals surface area contributed by atoms with E-state index in [9.17, 15) is 0 Å². The zero-order valence-corrected chi connectivity index (χ0v) is 0. The molecule has 90 valence electrons. The third kappa shape index (κ3) is 0. The van der Waals surface area contributed by atoms with Crippen molar-refractivity contribution in [3.05, 3.63) is 0 Å². The van der Waals surface area contributed by atoms with Crippen molar-refractivity contribution in [3.8, 4) is 0 Å². The Morgan fingerprint density at radius 3 is 0.182 bits per heavy atom. The van der Waals surface area contributed by atoms with Crippen molar-refractivity contribution in [1.82, 2.24) is 0 Å². The van der Waals surface area contributed by atoms with Crippen LogP contribution < -0.4 is 0 Å². The minimum atomic E-state index is 0. The van der Waals surface area contributed by atoms with Crippen molar-refractivity contribution in [3.63, 3.8) is 0 Å². The highest BCUT2D eigenvalue weighted by molar-refractivity contribution is 2.51. The van der Waals surface area contributed by atoms with E-state index >= 15 is 0 Å². The molecule has 0 saturated heterocycles. The summed E-state index contributed by atoms with van der Waals surface area (Å²) in [5.74, 6) is 0. The topological polar surface area (TPSA) is 0 Å². The van der Waals surface area contributed by atoms with E-state index in [1.807, 2.05) is 0 Å². The summed E-state index contributed by atoms with van der Waals surface area (Å²) in [6.45, 7) is 0. The predicted octanol–water partition coefficient (Wildman–Crippen LogP) is 7.24. The van der Waals surface area contributed by atoms with Gasteiger partial charge in [-0.25, -0.2) is 0 Å². The zero-order valence-electron chi connectivity index (χ0n) is 0. The maximum absolute atomic E-state index is 0. The Hall–Kier alpha value is 0. The molecule has 0 aliphatic heterocycles. The van der Waals surface area contributed by atoms with Crippen LogP contribution in [0.2, 0.25) is 0 Å². The van der Waals surface area contributed by atoms with Crippen LogP contribution in [0.5, 0.6) is 0 Å². The van der Waals surface area contributed by atoms with Gasteiger partial charge in [-0.1, -0.05) is 81.7 Å². The van der Waals surface area contributed by atoms with E-state index in [4.69, 9.17) is 0 Å². The lowest BCUT2D eigenvalue weighted by Gasteiger charge is -0.0786. The molecule has 0 heteroatoms. The van der Waals surface area contributed by atoms with Gasteiger partial charge in [-0.3, -0.25) is 0 Å². The Kier molecular flexibility index (Phi) is 0. The van der Waals surface area contributed by atoms with Crippen molar-refractivity contribution in [1.29, 1.82) is 0 Å². The van der Waals surface area contributed by atoms with E-state index in [0.717, 1.165) is 0 Å².